The number of halogens is 1. The summed E-state index contributed by atoms with van der Waals surface area (Å²) in [6, 6.07) is 4.32. The molecule has 0 heterocycles. The monoisotopic (exact) mass is 287 g/mol. The zero-order valence-corrected chi connectivity index (χ0v) is 12.0. The highest BCUT2D eigenvalue weighted by molar-refractivity contribution is 5.96. The number of benzene rings is 1. The second-order valence-corrected chi connectivity index (χ2v) is 4.09. The topological polar surface area (TPSA) is 75.5 Å². The van der Waals surface area contributed by atoms with Gasteiger partial charge in [0.05, 0.1) is 4.92 Å². The molecule has 0 aliphatic carbocycles. The van der Waals surface area contributed by atoms with Crippen LogP contribution < -0.4 is 5.32 Å². The first-order valence-corrected chi connectivity index (χ1v) is 5.62. The Morgan fingerprint density at radius 3 is 2.63 bits per heavy atom. The van der Waals surface area contributed by atoms with Crippen molar-refractivity contribution >= 4 is 24.0 Å². The summed E-state index contributed by atoms with van der Waals surface area (Å²) >= 11 is 0. The van der Waals surface area contributed by atoms with Crippen molar-refractivity contribution < 1.29 is 9.72 Å². The van der Waals surface area contributed by atoms with Gasteiger partial charge in [0, 0.05) is 37.8 Å². The second-order valence-electron chi connectivity index (χ2n) is 4.09. The number of aryl methyl sites for hydroxylation is 1. The number of hydrogen-bond acceptors (Lipinski definition) is 4. The van der Waals surface area contributed by atoms with Crippen molar-refractivity contribution in [3.8, 4) is 0 Å². The van der Waals surface area contributed by atoms with Gasteiger partial charge in [0.1, 0.15) is 0 Å². The Hall–Kier alpha value is -1.66. The maximum Gasteiger partial charge on any atom is 0.270 e. The predicted molar refractivity (Wildman–Crippen MR) is 76.0 cm³/mol. The maximum absolute atomic E-state index is 12.1. The first-order chi connectivity index (χ1) is 8.47. The molecule has 1 rings (SSSR count). The third kappa shape index (κ3) is 4.50. The van der Waals surface area contributed by atoms with Gasteiger partial charge >= 0.3 is 0 Å². The van der Waals surface area contributed by atoms with Crippen LogP contribution in [0, 0.1) is 17.0 Å². The van der Waals surface area contributed by atoms with Crippen LogP contribution in [0.1, 0.15) is 15.9 Å². The average Bonchev–Trinajstić information content (AvgIpc) is 2.35. The van der Waals surface area contributed by atoms with Gasteiger partial charge in [0.25, 0.3) is 11.6 Å². The summed E-state index contributed by atoms with van der Waals surface area (Å²) in [5.74, 6) is -0.202. The summed E-state index contributed by atoms with van der Waals surface area (Å²) in [6.45, 7) is 3.00. The van der Waals surface area contributed by atoms with Crippen molar-refractivity contribution in [3.63, 3.8) is 0 Å². The summed E-state index contributed by atoms with van der Waals surface area (Å²) in [4.78, 5) is 23.9. The zero-order valence-electron chi connectivity index (χ0n) is 11.2. The summed E-state index contributed by atoms with van der Waals surface area (Å²) < 4.78 is 0. The molecule has 0 aromatic heterocycles. The second kappa shape index (κ2) is 7.70. The first-order valence-electron chi connectivity index (χ1n) is 5.62. The highest BCUT2D eigenvalue weighted by Gasteiger charge is 2.17. The quantitative estimate of drug-likeness (QED) is 0.659. The summed E-state index contributed by atoms with van der Waals surface area (Å²) in [5, 5.41) is 13.6. The van der Waals surface area contributed by atoms with E-state index in [1.54, 1.807) is 32.0 Å². The van der Waals surface area contributed by atoms with Crippen LogP contribution in [0.2, 0.25) is 0 Å². The third-order valence-electron chi connectivity index (χ3n) is 2.71. The lowest BCUT2D eigenvalue weighted by molar-refractivity contribution is -0.384. The molecule has 0 atom stereocenters. The fraction of sp³-hybridized carbons (Fsp3) is 0.417. The zero-order chi connectivity index (χ0) is 13.7. The molecular weight excluding hydrogens is 270 g/mol. The van der Waals surface area contributed by atoms with Gasteiger partial charge in [0.2, 0.25) is 0 Å². The molecule has 0 fully saturated rings. The molecule has 1 amide bonds. The van der Waals surface area contributed by atoms with Crippen LogP contribution in [0.3, 0.4) is 0 Å². The molecule has 1 N–H and O–H groups in total. The van der Waals surface area contributed by atoms with Crippen molar-refractivity contribution in [2.75, 3.05) is 27.2 Å². The van der Waals surface area contributed by atoms with Crippen LogP contribution >= 0.6 is 12.4 Å². The van der Waals surface area contributed by atoms with Gasteiger partial charge in [-0.1, -0.05) is 6.07 Å². The predicted octanol–water partition coefficient (Wildman–Crippen LogP) is 1.62. The maximum atomic E-state index is 12.1. The van der Waals surface area contributed by atoms with Crippen molar-refractivity contribution in [2.24, 2.45) is 0 Å². The SMILES string of the molecule is CNCCN(C)C(=O)c1cc([N+](=O)[O-])ccc1C.Cl. The van der Waals surface area contributed by atoms with Crippen LogP contribution in [-0.2, 0) is 0 Å². The molecule has 0 aliphatic rings. The Morgan fingerprint density at radius 1 is 1.47 bits per heavy atom. The number of hydrogen-bond donors (Lipinski definition) is 1. The van der Waals surface area contributed by atoms with Gasteiger partial charge in [-0.2, -0.15) is 0 Å². The first kappa shape index (κ1) is 17.3. The van der Waals surface area contributed by atoms with Crippen LogP contribution in [-0.4, -0.2) is 42.9 Å². The van der Waals surface area contributed by atoms with E-state index in [0.29, 0.717) is 18.7 Å². The minimum absolute atomic E-state index is 0. The largest absolute Gasteiger partial charge is 0.340 e. The molecule has 6 nitrogen and oxygen atoms in total. The number of nitro groups is 1. The van der Waals surface area contributed by atoms with E-state index in [2.05, 4.69) is 5.32 Å². The molecule has 0 saturated carbocycles. The smallest absolute Gasteiger partial charge is 0.270 e. The average molecular weight is 288 g/mol. The Kier molecular flexibility index (Phi) is 7.03. The van der Waals surface area contributed by atoms with Crippen LogP contribution in [0.5, 0.6) is 0 Å². The summed E-state index contributed by atoms with van der Waals surface area (Å²) in [6.07, 6.45) is 0. The standard InChI is InChI=1S/C12H17N3O3.ClH/c1-9-4-5-10(15(17)18)8-11(9)12(16)14(3)7-6-13-2;/h4-5,8,13H,6-7H2,1-3H3;1H. The molecule has 0 aliphatic heterocycles. The normalized spacial score (nSPS) is 9.63. The molecule has 1 aromatic rings. The van der Waals surface area contributed by atoms with Gasteiger partial charge in [-0.15, -0.1) is 12.4 Å². The van der Waals surface area contributed by atoms with Crippen molar-refractivity contribution in [2.45, 2.75) is 6.92 Å². The number of nitrogens with zero attached hydrogens (tertiary/aromatic N) is 2. The molecule has 19 heavy (non-hydrogen) atoms. The van der Waals surface area contributed by atoms with E-state index >= 15 is 0 Å². The van der Waals surface area contributed by atoms with Gasteiger partial charge in [0.15, 0.2) is 0 Å². The minimum Gasteiger partial charge on any atom is -0.340 e. The Balaban J connectivity index is 0.00000324. The number of amides is 1. The third-order valence-corrected chi connectivity index (χ3v) is 2.71. The van der Waals surface area contributed by atoms with Crippen LogP contribution in [0.15, 0.2) is 18.2 Å². The number of nitro benzene ring substituents is 1. The molecule has 1 aromatic carbocycles. The van der Waals surface area contributed by atoms with Crippen molar-refractivity contribution in [1.82, 2.24) is 10.2 Å². The number of nitrogens with one attached hydrogen (secondary N) is 1. The molecule has 0 bridgehead atoms. The van der Waals surface area contributed by atoms with E-state index in [0.717, 1.165) is 5.56 Å². The van der Waals surface area contributed by atoms with Gasteiger partial charge in [-0.3, -0.25) is 14.9 Å². The fourth-order valence-corrected chi connectivity index (χ4v) is 1.54. The van der Waals surface area contributed by atoms with Gasteiger partial charge in [-0.25, -0.2) is 0 Å². The molecular formula is C12H18ClN3O3. The van der Waals surface area contributed by atoms with Crippen LogP contribution in [0.25, 0.3) is 0 Å². The summed E-state index contributed by atoms with van der Waals surface area (Å²) in [7, 11) is 3.48. The van der Waals surface area contributed by atoms with E-state index < -0.39 is 4.92 Å². The number of carbonyl (C=O) groups is 1. The van der Waals surface area contributed by atoms with Crippen molar-refractivity contribution in [3.05, 3.63) is 39.4 Å². The number of likely N-dealkylation sites (N-methyl/N-ethyl adjacent to an activating group) is 2. The highest BCUT2D eigenvalue weighted by Crippen LogP contribution is 2.18. The molecule has 0 saturated heterocycles. The number of carbonyl (C=O) groups excluding carboxylic acids is 1. The van der Waals surface area contributed by atoms with E-state index in [-0.39, 0.29) is 24.0 Å². The van der Waals surface area contributed by atoms with E-state index in [1.165, 1.54) is 12.1 Å². The molecule has 0 unspecified atom stereocenters. The van der Waals surface area contributed by atoms with Gasteiger partial charge < -0.3 is 10.2 Å². The Labute approximate surface area is 118 Å². The minimum atomic E-state index is -0.496. The van der Waals surface area contributed by atoms with E-state index in [4.69, 9.17) is 0 Å². The van der Waals surface area contributed by atoms with Crippen molar-refractivity contribution in [1.29, 1.82) is 0 Å². The van der Waals surface area contributed by atoms with E-state index in [1.807, 2.05) is 0 Å². The van der Waals surface area contributed by atoms with Gasteiger partial charge in [-0.05, 0) is 19.5 Å². The Morgan fingerprint density at radius 2 is 2.11 bits per heavy atom. The fourth-order valence-electron chi connectivity index (χ4n) is 1.54. The lowest BCUT2D eigenvalue weighted by Gasteiger charge is -2.17. The molecule has 0 radical (unpaired) electrons. The number of non-ortho nitro benzene ring substituents is 1. The Bertz CT molecular complexity index is 466. The summed E-state index contributed by atoms with van der Waals surface area (Å²) in [5.41, 5.74) is 1.05. The molecule has 7 heteroatoms. The highest BCUT2D eigenvalue weighted by atomic mass is 35.5. The number of rotatable bonds is 5. The van der Waals surface area contributed by atoms with Crippen LogP contribution in [0.4, 0.5) is 5.69 Å². The molecule has 0 spiro atoms. The molecule has 106 valence electrons. The lowest BCUT2D eigenvalue weighted by Crippen LogP contribution is -2.33. The lowest BCUT2D eigenvalue weighted by atomic mass is 10.1. The van der Waals surface area contributed by atoms with E-state index in [9.17, 15) is 14.9 Å².